The predicted octanol–water partition coefficient (Wildman–Crippen LogP) is 4.36. The third-order valence-corrected chi connectivity index (χ3v) is 3.40. The molecule has 0 fully saturated rings. The van der Waals surface area contributed by atoms with Gasteiger partial charge in [0.15, 0.2) is 0 Å². The highest BCUT2D eigenvalue weighted by Crippen LogP contribution is 2.21. The molecule has 140 valence electrons. The maximum atomic E-state index is 12.0. The maximum Gasteiger partial charge on any atom is 0.334 e. The smallest absolute Gasteiger partial charge is 0.334 e. The van der Waals surface area contributed by atoms with Crippen LogP contribution in [0.3, 0.4) is 0 Å². The van der Waals surface area contributed by atoms with Crippen molar-refractivity contribution in [2.24, 2.45) is 0 Å². The van der Waals surface area contributed by atoms with Crippen LogP contribution in [0.1, 0.15) is 46.4 Å². The van der Waals surface area contributed by atoms with Crippen molar-refractivity contribution in [3.63, 3.8) is 0 Å². The number of esters is 1. The lowest BCUT2D eigenvalue weighted by Gasteiger charge is -2.19. The molecule has 0 aliphatic rings. The van der Waals surface area contributed by atoms with Crippen LogP contribution in [-0.2, 0) is 16.0 Å². The monoisotopic (exact) mass is 358 g/mol. The van der Waals surface area contributed by atoms with Crippen molar-refractivity contribution < 1.29 is 18.8 Å². The van der Waals surface area contributed by atoms with Gasteiger partial charge >= 0.3 is 5.97 Å². The molecule has 1 aromatic carbocycles. The van der Waals surface area contributed by atoms with Crippen molar-refractivity contribution in [1.29, 1.82) is 0 Å². The van der Waals surface area contributed by atoms with E-state index in [9.17, 15) is 4.79 Å². The van der Waals surface area contributed by atoms with Crippen molar-refractivity contribution in [2.45, 2.75) is 52.6 Å². The molecule has 6 heteroatoms. The summed E-state index contributed by atoms with van der Waals surface area (Å²) in [7, 11) is 0. The molecule has 0 N–H and O–H groups in total. The predicted molar refractivity (Wildman–Crippen MR) is 98.8 cm³/mol. The van der Waals surface area contributed by atoms with E-state index in [1.807, 2.05) is 24.3 Å². The van der Waals surface area contributed by atoms with E-state index in [4.69, 9.17) is 14.0 Å². The number of rotatable bonds is 8. The first-order valence-corrected chi connectivity index (χ1v) is 8.75. The number of unbranched alkanes of at least 4 members (excludes halogenated alkanes) is 1. The van der Waals surface area contributed by atoms with Gasteiger partial charge in [0.2, 0.25) is 11.7 Å². The van der Waals surface area contributed by atoms with Crippen molar-refractivity contribution >= 4 is 5.97 Å². The molecule has 0 unspecified atom stereocenters. The molecule has 6 nitrogen and oxygen atoms in total. The van der Waals surface area contributed by atoms with Gasteiger partial charge in [-0.1, -0.05) is 25.1 Å². The Hall–Kier alpha value is -2.63. The van der Waals surface area contributed by atoms with Crippen LogP contribution in [0.15, 0.2) is 40.9 Å². The molecular formula is C20H26N2O4. The van der Waals surface area contributed by atoms with Crippen LogP contribution < -0.4 is 4.74 Å². The first-order valence-electron chi connectivity index (χ1n) is 8.75. The van der Waals surface area contributed by atoms with Gasteiger partial charge in [0.25, 0.3) is 0 Å². The Morgan fingerprint density at radius 3 is 2.54 bits per heavy atom. The quantitative estimate of drug-likeness (QED) is 0.397. The van der Waals surface area contributed by atoms with Crippen molar-refractivity contribution in [3.05, 3.63) is 42.3 Å². The van der Waals surface area contributed by atoms with Gasteiger partial charge in [-0.25, -0.2) is 4.79 Å². The number of ether oxygens (including phenoxy) is 2. The Morgan fingerprint density at radius 1 is 1.23 bits per heavy atom. The fourth-order valence-corrected chi connectivity index (χ4v) is 2.08. The summed E-state index contributed by atoms with van der Waals surface area (Å²) in [6.45, 7) is 12.0. The SMILES string of the molecule is C=C(Cc1nc(-c2ccc(OCCCC)cc2)no1)C(=O)OC(C)(C)C. The van der Waals surface area contributed by atoms with Crippen molar-refractivity contribution in [2.75, 3.05) is 6.61 Å². The van der Waals surface area contributed by atoms with E-state index in [-0.39, 0.29) is 12.0 Å². The number of carbonyl (C=O) groups excluding carboxylic acids is 1. The summed E-state index contributed by atoms with van der Waals surface area (Å²) in [5.74, 6) is 1.12. The minimum absolute atomic E-state index is 0.153. The number of nitrogens with zero attached hydrogens (tertiary/aromatic N) is 2. The molecular weight excluding hydrogens is 332 g/mol. The molecule has 0 aliphatic carbocycles. The van der Waals surface area contributed by atoms with Gasteiger partial charge in [0, 0.05) is 11.1 Å². The van der Waals surface area contributed by atoms with Gasteiger partial charge in [-0.15, -0.1) is 0 Å². The normalized spacial score (nSPS) is 11.2. The number of hydrogen-bond donors (Lipinski definition) is 0. The average Bonchev–Trinajstić information content (AvgIpc) is 3.02. The average molecular weight is 358 g/mol. The largest absolute Gasteiger partial charge is 0.494 e. The molecule has 0 atom stereocenters. The molecule has 0 bridgehead atoms. The van der Waals surface area contributed by atoms with Crippen LogP contribution in [0.2, 0.25) is 0 Å². The van der Waals surface area contributed by atoms with Crippen LogP contribution in [-0.4, -0.2) is 28.3 Å². The molecule has 0 aliphatic heterocycles. The first-order chi connectivity index (χ1) is 12.3. The van der Waals surface area contributed by atoms with Gasteiger partial charge in [0.1, 0.15) is 11.4 Å². The van der Waals surface area contributed by atoms with Gasteiger partial charge in [-0.05, 0) is 51.5 Å². The molecule has 0 saturated carbocycles. The summed E-state index contributed by atoms with van der Waals surface area (Å²) >= 11 is 0. The third kappa shape index (κ3) is 6.02. The second-order valence-electron chi connectivity index (χ2n) is 7.02. The molecule has 2 aromatic rings. The second kappa shape index (κ2) is 8.65. The summed E-state index contributed by atoms with van der Waals surface area (Å²) < 4.78 is 16.1. The summed E-state index contributed by atoms with van der Waals surface area (Å²) in [4.78, 5) is 16.3. The highest BCUT2D eigenvalue weighted by atomic mass is 16.6. The highest BCUT2D eigenvalue weighted by Gasteiger charge is 2.20. The fraction of sp³-hybridized carbons (Fsp3) is 0.450. The van der Waals surface area contributed by atoms with E-state index in [1.54, 1.807) is 20.8 Å². The lowest BCUT2D eigenvalue weighted by molar-refractivity contribution is -0.150. The number of benzene rings is 1. The van der Waals surface area contributed by atoms with Crippen LogP contribution in [0.5, 0.6) is 5.75 Å². The minimum atomic E-state index is -0.568. The second-order valence-corrected chi connectivity index (χ2v) is 7.02. The Balaban J connectivity index is 1.96. The van der Waals surface area contributed by atoms with Crippen LogP contribution in [0.4, 0.5) is 0 Å². The zero-order chi connectivity index (χ0) is 19.2. The van der Waals surface area contributed by atoms with Crippen LogP contribution >= 0.6 is 0 Å². The molecule has 26 heavy (non-hydrogen) atoms. The fourth-order valence-electron chi connectivity index (χ4n) is 2.08. The van der Waals surface area contributed by atoms with Gasteiger partial charge in [-0.3, -0.25) is 0 Å². The lowest BCUT2D eigenvalue weighted by Crippen LogP contribution is -2.25. The van der Waals surface area contributed by atoms with E-state index in [0.717, 1.165) is 24.2 Å². The molecule has 0 spiro atoms. The molecule has 0 saturated heterocycles. The zero-order valence-electron chi connectivity index (χ0n) is 15.9. The van der Waals surface area contributed by atoms with Gasteiger partial charge < -0.3 is 14.0 Å². The molecule has 1 heterocycles. The standard InChI is InChI=1S/C20H26N2O4/c1-6-7-12-24-16-10-8-15(9-11-16)18-21-17(26-22-18)13-14(2)19(23)25-20(3,4)5/h8-11H,2,6-7,12-13H2,1,3-5H3. The molecule has 0 radical (unpaired) electrons. The van der Waals surface area contributed by atoms with E-state index in [0.29, 0.717) is 18.3 Å². The van der Waals surface area contributed by atoms with E-state index >= 15 is 0 Å². The molecule has 2 rings (SSSR count). The minimum Gasteiger partial charge on any atom is -0.494 e. The lowest BCUT2D eigenvalue weighted by atomic mass is 10.1. The zero-order valence-corrected chi connectivity index (χ0v) is 15.9. The molecule has 1 aromatic heterocycles. The summed E-state index contributed by atoms with van der Waals surface area (Å²) in [5.41, 5.74) is 0.515. The summed E-state index contributed by atoms with van der Waals surface area (Å²) in [6.07, 6.45) is 2.27. The van der Waals surface area contributed by atoms with E-state index in [2.05, 4.69) is 23.6 Å². The van der Waals surface area contributed by atoms with Gasteiger partial charge in [0.05, 0.1) is 13.0 Å². The number of hydrogen-bond acceptors (Lipinski definition) is 6. The number of carbonyl (C=O) groups is 1. The third-order valence-electron chi connectivity index (χ3n) is 3.40. The number of aromatic nitrogens is 2. The van der Waals surface area contributed by atoms with Crippen LogP contribution in [0, 0.1) is 0 Å². The molecule has 0 amide bonds. The Labute approximate surface area is 154 Å². The van der Waals surface area contributed by atoms with Crippen molar-refractivity contribution in [3.8, 4) is 17.1 Å². The Bertz CT molecular complexity index is 742. The first kappa shape index (κ1) is 19.7. The van der Waals surface area contributed by atoms with E-state index < -0.39 is 11.6 Å². The maximum absolute atomic E-state index is 12.0. The summed E-state index contributed by atoms with van der Waals surface area (Å²) in [5, 5.41) is 3.96. The van der Waals surface area contributed by atoms with Crippen molar-refractivity contribution in [1.82, 2.24) is 10.1 Å². The van der Waals surface area contributed by atoms with E-state index in [1.165, 1.54) is 0 Å². The highest BCUT2D eigenvalue weighted by molar-refractivity contribution is 5.88. The Kier molecular flexibility index (Phi) is 6.55. The van der Waals surface area contributed by atoms with Gasteiger partial charge in [-0.2, -0.15) is 4.98 Å². The Morgan fingerprint density at radius 2 is 1.92 bits per heavy atom. The summed E-state index contributed by atoms with van der Waals surface area (Å²) in [6, 6.07) is 7.50. The van der Waals surface area contributed by atoms with Crippen LogP contribution in [0.25, 0.3) is 11.4 Å². The topological polar surface area (TPSA) is 74.5 Å².